The largest absolute Gasteiger partial charge is 0.381 e. The van der Waals surface area contributed by atoms with Gasteiger partial charge in [-0.3, -0.25) is 0 Å². The predicted molar refractivity (Wildman–Crippen MR) is 57.1 cm³/mol. The van der Waals surface area contributed by atoms with Crippen molar-refractivity contribution >= 4 is 0 Å². The lowest BCUT2D eigenvalue weighted by atomic mass is 10.3. The maximum Gasteiger partial charge on any atom is 0.0478 e. The summed E-state index contributed by atoms with van der Waals surface area (Å²) in [7, 11) is 1.97. The molecule has 0 aromatic heterocycles. The Morgan fingerprint density at radius 2 is 2.08 bits per heavy atom. The zero-order valence-corrected chi connectivity index (χ0v) is 9.23. The van der Waals surface area contributed by atoms with E-state index in [1.54, 1.807) is 0 Å². The summed E-state index contributed by atoms with van der Waals surface area (Å²) in [6.07, 6.45) is 2.22. The van der Waals surface area contributed by atoms with Crippen LogP contribution in [0.1, 0.15) is 26.7 Å². The van der Waals surface area contributed by atoms with E-state index in [4.69, 9.17) is 4.74 Å². The van der Waals surface area contributed by atoms with E-state index < -0.39 is 0 Å². The molecule has 0 aromatic carbocycles. The molecule has 0 fully saturated rings. The molecule has 0 radical (unpaired) electrons. The molecule has 1 atom stereocenters. The fourth-order valence-corrected chi connectivity index (χ4v) is 1.15. The third-order valence-electron chi connectivity index (χ3n) is 1.82. The molecule has 1 unspecified atom stereocenters. The Hall–Kier alpha value is -0.120. The van der Waals surface area contributed by atoms with Crippen molar-refractivity contribution in [3.8, 4) is 0 Å². The molecule has 0 heterocycles. The van der Waals surface area contributed by atoms with Gasteiger partial charge < -0.3 is 15.4 Å². The lowest BCUT2D eigenvalue weighted by Crippen LogP contribution is -2.35. The fourth-order valence-electron chi connectivity index (χ4n) is 1.15. The van der Waals surface area contributed by atoms with Crippen LogP contribution in [0.25, 0.3) is 0 Å². The zero-order chi connectivity index (χ0) is 9.94. The lowest BCUT2D eigenvalue weighted by molar-refractivity contribution is 0.132. The maximum atomic E-state index is 5.37. The van der Waals surface area contributed by atoms with Crippen molar-refractivity contribution in [3.05, 3.63) is 0 Å². The number of hydrogen-bond acceptors (Lipinski definition) is 3. The smallest absolute Gasteiger partial charge is 0.0478 e. The van der Waals surface area contributed by atoms with E-state index in [2.05, 4.69) is 24.5 Å². The van der Waals surface area contributed by atoms with Gasteiger partial charge in [-0.1, -0.05) is 6.92 Å². The van der Waals surface area contributed by atoms with E-state index in [1.807, 2.05) is 7.05 Å². The van der Waals surface area contributed by atoms with Gasteiger partial charge in [0, 0.05) is 25.8 Å². The van der Waals surface area contributed by atoms with Gasteiger partial charge in [0.25, 0.3) is 0 Å². The second-order valence-electron chi connectivity index (χ2n) is 3.38. The zero-order valence-electron chi connectivity index (χ0n) is 9.23. The Balaban J connectivity index is 2.97. The van der Waals surface area contributed by atoms with Crippen LogP contribution in [0.2, 0.25) is 0 Å². The first-order valence-corrected chi connectivity index (χ1v) is 5.27. The molecule has 80 valence electrons. The standard InChI is InChI=1S/C10H24N2O/c1-4-7-13-8-5-6-12-10(2)9-11-3/h10-12H,4-9H2,1-3H3. The van der Waals surface area contributed by atoms with Gasteiger partial charge in [-0.2, -0.15) is 0 Å². The van der Waals surface area contributed by atoms with Gasteiger partial charge in [0.15, 0.2) is 0 Å². The van der Waals surface area contributed by atoms with Crippen LogP contribution in [0.5, 0.6) is 0 Å². The second kappa shape index (κ2) is 9.96. The number of hydrogen-bond donors (Lipinski definition) is 2. The lowest BCUT2D eigenvalue weighted by Gasteiger charge is -2.12. The van der Waals surface area contributed by atoms with E-state index >= 15 is 0 Å². The molecule has 3 nitrogen and oxygen atoms in total. The van der Waals surface area contributed by atoms with Crippen molar-refractivity contribution < 1.29 is 4.74 Å². The predicted octanol–water partition coefficient (Wildman–Crippen LogP) is 1.00. The van der Waals surface area contributed by atoms with Gasteiger partial charge in [-0.05, 0) is 33.4 Å². The Morgan fingerprint density at radius 1 is 1.31 bits per heavy atom. The molecule has 0 bridgehead atoms. The minimum absolute atomic E-state index is 0.552. The highest BCUT2D eigenvalue weighted by molar-refractivity contribution is 4.61. The molecule has 0 aliphatic carbocycles. The molecule has 0 aromatic rings. The summed E-state index contributed by atoms with van der Waals surface area (Å²) < 4.78 is 5.37. The molecule has 0 saturated carbocycles. The van der Waals surface area contributed by atoms with Gasteiger partial charge in [-0.15, -0.1) is 0 Å². The highest BCUT2D eigenvalue weighted by Gasteiger charge is 1.97. The summed E-state index contributed by atoms with van der Waals surface area (Å²) >= 11 is 0. The van der Waals surface area contributed by atoms with Crippen LogP contribution in [0.3, 0.4) is 0 Å². The van der Waals surface area contributed by atoms with Crippen LogP contribution in [-0.2, 0) is 4.74 Å². The Kier molecular flexibility index (Phi) is 9.87. The van der Waals surface area contributed by atoms with Gasteiger partial charge >= 0.3 is 0 Å². The summed E-state index contributed by atoms with van der Waals surface area (Å²) in [6, 6.07) is 0.552. The summed E-state index contributed by atoms with van der Waals surface area (Å²) in [4.78, 5) is 0. The second-order valence-corrected chi connectivity index (χ2v) is 3.38. The molecule has 0 aliphatic rings. The summed E-state index contributed by atoms with van der Waals surface area (Å²) in [6.45, 7) is 8.16. The maximum absolute atomic E-state index is 5.37. The van der Waals surface area contributed by atoms with Crippen LogP contribution in [-0.4, -0.2) is 39.4 Å². The normalized spacial score (nSPS) is 13.2. The topological polar surface area (TPSA) is 33.3 Å². The van der Waals surface area contributed by atoms with Crippen molar-refractivity contribution in [1.29, 1.82) is 0 Å². The van der Waals surface area contributed by atoms with Crippen LogP contribution < -0.4 is 10.6 Å². The average Bonchev–Trinajstić information content (AvgIpc) is 2.11. The molecule has 0 aliphatic heterocycles. The third kappa shape index (κ3) is 9.80. The van der Waals surface area contributed by atoms with Crippen LogP contribution in [0.4, 0.5) is 0 Å². The van der Waals surface area contributed by atoms with Crippen LogP contribution in [0.15, 0.2) is 0 Å². The quantitative estimate of drug-likeness (QED) is 0.530. The monoisotopic (exact) mass is 188 g/mol. The van der Waals surface area contributed by atoms with E-state index in [1.165, 1.54) is 0 Å². The van der Waals surface area contributed by atoms with Gasteiger partial charge in [-0.25, -0.2) is 0 Å². The molecule has 0 saturated heterocycles. The fraction of sp³-hybridized carbons (Fsp3) is 1.00. The van der Waals surface area contributed by atoms with Crippen molar-refractivity contribution in [2.24, 2.45) is 0 Å². The summed E-state index contributed by atoms with van der Waals surface area (Å²) in [5.41, 5.74) is 0. The first-order valence-electron chi connectivity index (χ1n) is 5.27. The molecule has 0 rings (SSSR count). The highest BCUT2D eigenvalue weighted by atomic mass is 16.5. The van der Waals surface area contributed by atoms with E-state index in [-0.39, 0.29) is 0 Å². The summed E-state index contributed by atoms with van der Waals surface area (Å²) in [5, 5.41) is 6.55. The van der Waals surface area contributed by atoms with Gasteiger partial charge in [0.1, 0.15) is 0 Å². The van der Waals surface area contributed by atoms with Crippen molar-refractivity contribution in [2.75, 3.05) is 33.4 Å². The molecule has 0 spiro atoms. The van der Waals surface area contributed by atoms with E-state index in [9.17, 15) is 0 Å². The first kappa shape index (κ1) is 12.9. The van der Waals surface area contributed by atoms with E-state index in [0.717, 1.165) is 39.1 Å². The SMILES string of the molecule is CCCOCCCNC(C)CNC. The number of rotatable bonds is 9. The Labute approximate surface area is 82.2 Å². The molecular weight excluding hydrogens is 164 g/mol. The third-order valence-corrected chi connectivity index (χ3v) is 1.82. The number of likely N-dealkylation sites (N-methyl/N-ethyl adjacent to an activating group) is 1. The minimum atomic E-state index is 0.552. The molecular formula is C10H24N2O. The van der Waals surface area contributed by atoms with Crippen LogP contribution in [0, 0.1) is 0 Å². The van der Waals surface area contributed by atoms with Crippen molar-refractivity contribution in [2.45, 2.75) is 32.7 Å². The van der Waals surface area contributed by atoms with Crippen LogP contribution >= 0.6 is 0 Å². The van der Waals surface area contributed by atoms with Gasteiger partial charge in [0.2, 0.25) is 0 Å². The Bertz CT molecular complexity index is 98.9. The Morgan fingerprint density at radius 3 is 2.69 bits per heavy atom. The molecule has 13 heavy (non-hydrogen) atoms. The van der Waals surface area contributed by atoms with Crippen molar-refractivity contribution in [3.63, 3.8) is 0 Å². The van der Waals surface area contributed by atoms with E-state index in [0.29, 0.717) is 6.04 Å². The average molecular weight is 188 g/mol. The van der Waals surface area contributed by atoms with Gasteiger partial charge in [0.05, 0.1) is 0 Å². The minimum Gasteiger partial charge on any atom is -0.381 e. The number of ether oxygens (including phenoxy) is 1. The highest BCUT2D eigenvalue weighted by Crippen LogP contribution is 1.85. The molecule has 2 N–H and O–H groups in total. The molecule has 3 heteroatoms. The number of nitrogens with one attached hydrogen (secondary N) is 2. The molecule has 0 amide bonds. The first-order chi connectivity index (χ1) is 6.31. The summed E-state index contributed by atoms with van der Waals surface area (Å²) in [5.74, 6) is 0. The van der Waals surface area contributed by atoms with Crippen molar-refractivity contribution in [1.82, 2.24) is 10.6 Å².